The van der Waals surface area contributed by atoms with Crippen molar-refractivity contribution in [2.45, 2.75) is 45.3 Å². The van der Waals surface area contributed by atoms with E-state index >= 15 is 0 Å². The number of hydrogen-bond donors (Lipinski definition) is 3. The van der Waals surface area contributed by atoms with Crippen LogP contribution in [0.5, 0.6) is 11.5 Å². The van der Waals surface area contributed by atoms with E-state index in [1.807, 2.05) is 0 Å². The first kappa shape index (κ1) is 15.1. The number of aromatic hydroxyl groups is 1. The van der Waals surface area contributed by atoms with Crippen molar-refractivity contribution in [1.29, 1.82) is 0 Å². The molecule has 1 aliphatic carbocycles. The van der Waals surface area contributed by atoms with Gasteiger partial charge in [-0.2, -0.15) is 0 Å². The minimum Gasteiger partial charge on any atom is -0.504 e. The van der Waals surface area contributed by atoms with Crippen LogP contribution in [0.2, 0.25) is 0 Å². The highest BCUT2D eigenvalue weighted by Crippen LogP contribution is 2.40. The zero-order valence-corrected chi connectivity index (χ0v) is 12.5. The van der Waals surface area contributed by atoms with Gasteiger partial charge in [0.25, 0.3) is 0 Å². The number of aliphatic hydroxyl groups excluding tert-OH is 1. The zero-order valence-electron chi connectivity index (χ0n) is 12.5. The van der Waals surface area contributed by atoms with E-state index in [9.17, 15) is 10.2 Å². The standard InChI is InChI=1S/C16H25NO3/c1-16(2)7-6-12(9-16)20-15-8-11(4-5-13(15)18)14(19)10-17-3/h4-5,8,12,14,17-19H,6-7,9-10H2,1-3H3. The van der Waals surface area contributed by atoms with Crippen LogP contribution in [0.25, 0.3) is 0 Å². The van der Waals surface area contributed by atoms with E-state index in [0.717, 1.165) is 24.8 Å². The topological polar surface area (TPSA) is 61.7 Å². The summed E-state index contributed by atoms with van der Waals surface area (Å²) in [7, 11) is 1.79. The van der Waals surface area contributed by atoms with Gasteiger partial charge in [-0.1, -0.05) is 19.9 Å². The van der Waals surface area contributed by atoms with E-state index in [2.05, 4.69) is 19.2 Å². The Balaban J connectivity index is 2.09. The monoisotopic (exact) mass is 279 g/mol. The van der Waals surface area contributed by atoms with Crippen LogP contribution in [0.1, 0.15) is 44.8 Å². The van der Waals surface area contributed by atoms with Crippen LogP contribution >= 0.6 is 0 Å². The minimum absolute atomic E-state index is 0.134. The van der Waals surface area contributed by atoms with Gasteiger partial charge < -0.3 is 20.3 Å². The number of benzene rings is 1. The van der Waals surface area contributed by atoms with Crippen LogP contribution in [0.3, 0.4) is 0 Å². The molecule has 0 bridgehead atoms. The lowest BCUT2D eigenvalue weighted by Crippen LogP contribution is -2.17. The van der Waals surface area contributed by atoms with Crippen molar-refractivity contribution >= 4 is 0 Å². The molecule has 1 aliphatic rings. The Labute approximate surface area is 120 Å². The molecular weight excluding hydrogens is 254 g/mol. The van der Waals surface area contributed by atoms with Gasteiger partial charge in [-0.3, -0.25) is 0 Å². The number of hydrogen-bond acceptors (Lipinski definition) is 4. The van der Waals surface area contributed by atoms with E-state index < -0.39 is 6.10 Å². The Morgan fingerprint density at radius 1 is 1.45 bits per heavy atom. The maximum atomic E-state index is 9.98. The third-order valence-corrected chi connectivity index (χ3v) is 3.98. The summed E-state index contributed by atoms with van der Waals surface area (Å²) in [6, 6.07) is 5.05. The van der Waals surface area contributed by atoms with Crippen LogP contribution in [0.4, 0.5) is 0 Å². The number of phenols is 1. The lowest BCUT2D eigenvalue weighted by Gasteiger charge is -2.19. The highest BCUT2D eigenvalue weighted by atomic mass is 16.5. The molecule has 4 nitrogen and oxygen atoms in total. The molecule has 0 heterocycles. The molecule has 0 amide bonds. The lowest BCUT2D eigenvalue weighted by molar-refractivity contribution is 0.171. The summed E-state index contributed by atoms with van der Waals surface area (Å²) in [5.41, 5.74) is 1.06. The zero-order chi connectivity index (χ0) is 14.8. The van der Waals surface area contributed by atoms with Crippen LogP contribution in [0.15, 0.2) is 18.2 Å². The predicted octanol–water partition coefficient (Wildman–Crippen LogP) is 2.60. The summed E-state index contributed by atoms with van der Waals surface area (Å²) in [5, 5.41) is 22.8. The Bertz CT molecular complexity index is 459. The molecule has 0 spiro atoms. The number of likely N-dealkylation sites (N-methyl/N-ethyl adjacent to an activating group) is 1. The smallest absolute Gasteiger partial charge is 0.161 e. The summed E-state index contributed by atoms with van der Waals surface area (Å²) in [6.45, 7) is 4.95. The SMILES string of the molecule is CNCC(O)c1ccc(O)c(OC2CCC(C)(C)C2)c1. The first-order valence-electron chi connectivity index (χ1n) is 7.23. The van der Waals surface area contributed by atoms with Gasteiger partial charge in [0.15, 0.2) is 11.5 Å². The van der Waals surface area contributed by atoms with Crippen LogP contribution < -0.4 is 10.1 Å². The average molecular weight is 279 g/mol. The molecule has 2 atom stereocenters. The van der Waals surface area contributed by atoms with Crippen molar-refractivity contribution in [3.05, 3.63) is 23.8 Å². The molecular formula is C16H25NO3. The van der Waals surface area contributed by atoms with Crippen molar-refractivity contribution < 1.29 is 14.9 Å². The van der Waals surface area contributed by atoms with Crippen molar-refractivity contribution in [2.75, 3.05) is 13.6 Å². The second kappa shape index (κ2) is 6.02. The molecule has 1 aromatic carbocycles. The second-order valence-electron chi connectivity index (χ2n) is 6.45. The van der Waals surface area contributed by atoms with E-state index in [0.29, 0.717) is 17.7 Å². The van der Waals surface area contributed by atoms with Crippen molar-refractivity contribution in [2.24, 2.45) is 5.41 Å². The maximum Gasteiger partial charge on any atom is 0.161 e. The Hall–Kier alpha value is -1.26. The first-order chi connectivity index (χ1) is 9.41. The van der Waals surface area contributed by atoms with Gasteiger partial charge in [-0.25, -0.2) is 0 Å². The summed E-state index contributed by atoms with van der Waals surface area (Å²) >= 11 is 0. The normalized spacial score (nSPS) is 22.7. The van der Waals surface area contributed by atoms with Crippen LogP contribution in [0, 0.1) is 5.41 Å². The van der Waals surface area contributed by atoms with E-state index in [1.165, 1.54) is 0 Å². The molecule has 3 N–H and O–H groups in total. The first-order valence-corrected chi connectivity index (χ1v) is 7.23. The quantitative estimate of drug-likeness (QED) is 0.775. The molecule has 1 fully saturated rings. The van der Waals surface area contributed by atoms with Gasteiger partial charge in [0.2, 0.25) is 0 Å². The van der Waals surface area contributed by atoms with Gasteiger partial charge in [-0.05, 0) is 49.4 Å². The van der Waals surface area contributed by atoms with E-state index in [-0.39, 0.29) is 11.9 Å². The fraction of sp³-hybridized carbons (Fsp3) is 0.625. The molecule has 4 heteroatoms. The largest absolute Gasteiger partial charge is 0.504 e. The number of nitrogens with one attached hydrogen (secondary N) is 1. The van der Waals surface area contributed by atoms with E-state index in [4.69, 9.17) is 4.74 Å². The van der Waals surface area contributed by atoms with Gasteiger partial charge in [-0.15, -0.1) is 0 Å². The third-order valence-electron chi connectivity index (χ3n) is 3.98. The molecule has 20 heavy (non-hydrogen) atoms. The molecule has 2 unspecified atom stereocenters. The molecule has 0 aromatic heterocycles. The molecule has 0 radical (unpaired) electrons. The fourth-order valence-electron chi connectivity index (χ4n) is 2.80. The summed E-state index contributed by atoms with van der Waals surface area (Å²) in [4.78, 5) is 0. The Morgan fingerprint density at radius 3 is 2.80 bits per heavy atom. The molecule has 1 aromatic rings. The van der Waals surface area contributed by atoms with Crippen LogP contribution in [-0.4, -0.2) is 29.9 Å². The highest BCUT2D eigenvalue weighted by molar-refractivity contribution is 5.42. The lowest BCUT2D eigenvalue weighted by atomic mass is 9.92. The second-order valence-corrected chi connectivity index (χ2v) is 6.45. The van der Waals surface area contributed by atoms with Crippen molar-refractivity contribution in [1.82, 2.24) is 5.32 Å². The highest BCUT2D eigenvalue weighted by Gasteiger charge is 2.32. The maximum absolute atomic E-state index is 9.98. The van der Waals surface area contributed by atoms with Gasteiger partial charge in [0.05, 0.1) is 12.2 Å². The van der Waals surface area contributed by atoms with Crippen LogP contribution in [-0.2, 0) is 0 Å². The fourth-order valence-corrected chi connectivity index (χ4v) is 2.80. The van der Waals surface area contributed by atoms with E-state index in [1.54, 1.807) is 25.2 Å². The molecule has 0 saturated heterocycles. The summed E-state index contributed by atoms with van der Waals surface area (Å²) in [6.07, 6.45) is 2.70. The van der Waals surface area contributed by atoms with Gasteiger partial charge >= 0.3 is 0 Å². The molecule has 2 rings (SSSR count). The number of ether oxygens (including phenoxy) is 1. The Morgan fingerprint density at radius 2 is 2.20 bits per heavy atom. The summed E-state index contributed by atoms with van der Waals surface area (Å²) in [5.74, 6) is 0.607. The molecule has 1 saturated carbocycles. The molecule has 112 valence electrons. The average Bonchev–Trinajstić information content (AvgIpc) is 2.72. The Kier molecular flexibility index (Phi) is 4.55. The number of rotatable bonds is 5. The van der Waals surface area contributed by atoms with Gasteiger partial charge in [0.1, 0.15) is 0 Å². The third kappa shape index (κ3) is 3.64. The number of phenolic OH excluding ortho intramolecular Hbond substituents is 1. The predicted molar refractivity (Wildman–Crippen MR) is 79.0 cm³/mol. The number of aliphatic hydroxyl groups is 1. The molecule has 0 aliphatic heterocycles. The van der Waals surface area contributed by atoms with Gasteiger partial charge in [0, 0.05) is 6.54 Å². The van der Waals surface area contributed by atoms with Crippen molar-refractivity contribution in [3.63, 3.8) is 0 Å². The minimum atomic E-state index is -0.594. The van der Waals surface area contributed by atoms with Crippen molar-refractivity contribution in [3.8, 4) is 11.5 Å². The summed E-state index contributed by atoms with van der Waals surface area (Å²) < 4.78 is 5.93.